The topological polar surface area (TPSA) is 78.9 Å². The summed E-state index contributed by atoms with van der Waals surface area (Å²) < 4.78 is 5.50. The van der Waals surface area contributed by atoms with Gasteiger partial charge in [-0.1, -0.05) is 23.8 Å². The monoisotopic (exact) mass is 422 g/mol. The number of allylic oxidation sites excluding steroid dienone is 1. The Bertz CT molecular complexity index is 1060. The van der Waals surface area contributed by atoms with Crippen LogP contribution in [0.15, 0.2) is 54.6 Å². The quantitative estimate of drug-likeness (QED) is 0.322. The second-order valence-electron chi connectivity index (χ2n) is 6.75. The molecule has 154 valence electrons. The molecule has 0 unspecified atom stereocenters. The number of aromatic hydroxyl groups is 1. The normalized spacial score (nSPS) is 15.3. The van der Waals surface area contributed by atoms with E-state index in [1.54, 1.807) is 37.3 Å². The van der Waals surface area contributed by atoms with Crippen molar-refractivity contribution in [3.8, 4) is 11.5 Å². The molecule has 0 radical (unpaired) electrons. The minimum atomic E-state index is -0.579. The number of nitrogens with one attached hydrogen (secondary N) is 1. The predicted octanol–water partition coefficient (Wildman–Crippen LogP) is 3.66. The van der Waals surface area contributed by atoms with Crippen molar-refractivity contribution in [2.24, 2.45) is 0 Å². The van der Waals surface area contributed by atoms with E-state index in [0.29, 0.717) is 29.8 Å². The van der Waals surface area contributed by atoms with Crippen LogP contribution in [0.4, 0.5) is 5.69 Å². The first kappa shape index (κ1) is 21.3. The lowest BCUT2D eigenvalue weighted by atomic mass is 10.0. The first-order valence-electron chi connectivity index (χ1n) is 9.43. The van der Waals surface area contributed by atoms with Crippen LogP contribution in [0.3, 0.4) is 0 Å². The van der Waals surface area contributed by atoms with Crippen LogP contribution in [0, 0.1) is 6.92 Å². The largest absolute Gasteiger partial charge is 0.504 e. The van der Waals surface area contributed by atoms with Gasteiger partial charge < -0.3 is 9.84 Å². The van der Waals surface area contributed by atoms with Crippen LogP contribution < -0.4 is 15.0 Å². The molecule has 30 heavy (non-hydrogen) atoms. The highest BCUT2D eigenvalue weighted by molar-refractivity contribution is 7.80. The first-order valence-corrected chi connectivity index (χ1v) is 9.84. The molecule has 1 fully saturated rings. The third kappa shape index (κ3) is 4.26. The van der Waals surface area contributed by atoms with Gasteiger partial charge in [0.05, 0.1) is 12.3 Å². The van der Waals surface area contributed by atoms with Crippen LogP contribution in [0.5, 0.6) is 11.5 Å². The Hall–Kier alpha value is -3.45. The highest BCUT2D eigenvalue weighted by atomic mass is 32.1. The van der Waals surface area contributed by atoms with Gasteiger partial charge in [0, 0.05) is 5.56 Å². The zero-order valence-corrected chi connectivity index (χ0v) is 17.6. The lowest BCUT2D eigenvalue weighted by Crippen LogP contribution is -2.54. The van der Waals surface area contributed by atoms with E-state index in [2.05, 4.69) is 11.9 Å². The van der Waals surface area contributed by atoms with Gasteiger partial charge in [-0.2, -0.15) is 0 Å². The Morgan fingerprint density at radius 3 is 2.57 bits per heavy atom. The summed E-state index contributed by atoms with van der Waals surface area (Å²) in [6.07, 6.45) is 3.52. The minimum Gasteiger partial charge on any atom is -0.504 e. The zero-order valence-electron chi connectivity index (χ0n) is 16.8. The molecule has 2 aromatic rings. The molecule has 1 heterocycles. The predicted molar refractivity (Wildman–Crippen MR) is 121 cm³/mol. The number of ether oxygens (including phenoxy) is 1. The second kappa shape index (κ2) is 8.92. The summed E-state index contributed by atoms with van der Waals surface area (Å²) >= 11 is 5.22. The van der Waals surface area contributed by atoms with E-state index in [1.807, 2.05) is 19.1 Å². The number of anilines is 1. The van der Waals surface area contributed by atoms with Crippen LogP contribution in [0.25, 0.3) is 6.08 Å². The fourth-order valence-electron chi connectivity index (χ4n) is 3.10. The Kier molecular flexibility index (Phi) is 6.32. The van der Waals surface area contributed by atoms with Crippen LogP contribution >= 0.6 is 12.2 Å². The number of rotatable bonds is 6. The van der Waals surface area contributed by atoms with Crippen molar-refractivity contribution in [2.45, 2.75) is 20.3 Å². The van der Waals surface area contributed by atoms with Crippen LogP contribution in [0.2, 0.25) is 0 Å². The summed E-state index contributed by atoms with van der Waals surface area (Å²) in [4.78, 5) is 27.0. The smallest absolute Gasteiger partial charge is 0.270 e. The first-order chi connectivity index (χ1) is 14.3. The Balaban J connectivity index is 2.05. The molecule has 0 aliphatic carbocycles. The highest BCUT2D eigenvalue weighted by Crippen LogP contribution is 2.33. The summed E-state index contributed by atoms with van der Waals surface area (Å²) in [6, 6.07) is 10.5. The van der Waals surface area contributed by atoms with E-state index in [-0.39, 0.29) is 22.2 Å². The molecular weight excluding hydrogens is 400 g/mol. The number of aryl methyl sites for hydroxylation is 1. The molecule has 7 heteroatoms. The molecule has 2 amide bonds. The van der Waals surface area contributed by atoms with Gasteiger partial charge in [-0.25, -0.2) is 0 Å². The number of phenols is 1. The van der Waals surface area contributed by atoms with Gasteiger partial charge in [-0.15, -0.1) is 6.58 Å². The number of hydrogen-bond acceptors (Lipinski definition) is 5. The van der Waals surface area contributed by atoms with E-state index >= 15 is 0 Å². The highest BCUT2D eigenvalue weighted by Gasteiger charge is 2.34. The SMILES string of the molecule is C=CCc1cc(/C=C2\C(=O)NC(=S)N(c3ccc(C)cc3)C2=O)cc(OCC)c1O. The molecule has 0 aromatic heterocycles. The molecule has 2 N–H and O–H groups in total. The van der Waals surface area contributed by atoms with Gasteiger partial charge in [0.2, 0.25) is 0 Å². The molecule has 1 aliphatic heterocycles. The Morgan fingerprint density at radius 1 is 1.23 bits per heavy atom. The summed E-state index contributed by atoms with van der Waals surface area (Å²) in [5.41, 5.74) is 2.66. The zero-order chi connectivity index (χ0) is 21.8. The maximum Gasteiger partial charge on any atom is 0.270 e. The number of benzene rings is 2. The molecule has 0 saturated carbocycles. The van der Waals surface area contributed by atoms with E-state index < -0.39 is 11.8 Å². The van der Waals surface area contributed by atoms with Crippen LogP contribution in [-0.2, 0) is 16.0 Å². The van der Waals surface area contributed by atoms with Crippen molar-refractivity contribution in [3.05, 3.63) is 71.3 Å². The average Bonchev–Trinajstić information content (AvgIpc) is 2.70. The number of thiocarbonyl (C=S) groups is 1. The van der Waals surface area contributed by atoms with Gasteiger partial charge in [0.1, 0.15) is 5.57 Å². The lowest BCUT2D eigenvalue weighted by molar-refractivity contribution is -0.122. The van der Waals surface area contributed by atoms with Gasteiger partial charge >= 0.3 is 0 Å². The Morgan fingerprint density at radius 2 is 1.93 bits per heavy atom. The number of carbonyl (C=O) groups is 2. The summed E-state index contributed by atoms with van der Waals surface area (Å²) in [5.74, 6) is -0.812. The molecule has 1 saturated heterocycles. The van der Waals surface area contributed by atoms with Crippen LogP contribution in [-0.4, -0.2) is 28.6 Å². The maximum absolute atomic E-state index is 13.1. The van der Waals surface area contributed by atoms with Crippen molar-refractivity contribution >= 4 is 40.9 Å². The van der Waals surface area contributed by atoms with E-state index in [9.17, 15) is 14.7 Å². The summed E-state index contributed by atoms with van der Waals surface area (Å²) in [5, 5.41) is 13.0. The van der Waals surface area contributed by atoms with Crippen LogP contribution in [0.1, 0.15) is 23.6 Å². The number of hydrogen-bond donors (Lipinski definition) is 2. The van der Waals surface area contributed by atoms with E-state index in [0.717, 1.165) is 5.56 Å². The van der Waals surface area contributed by atoms with Gasteiger partial charge in [0.25, 0.3) is 11.8 Å². The van der Waals surface area contributed by atoms with Crippen molar-refractivity contribution in [3.63, 3.8) is 0 Å². The molecular formula is C23H22N2O4S. The number of nitrogens with zero attached hydrogens (tertiary/aromatic N) is 1. The number of amides is 2. The molecule has 1 aliphatic rings. The molecule has 0 bridgehead atoms. The fraction of sp³-hybridized carbons (Fsp3) is 0.174. The van der Waals surface area contributed by atoms with E-state index in [4.69, 9.17) is 17.0 Å². The number of phenolic OH excluding ortho intramolecular Hbond substituents is 1. The van der Waals surface area contributed by atoms with Crippen molar-refractivity contribution < 1.29 is 19.4 Å². The fourth-order valence-corrected chi connectivity index (χ4v) is 3.38. The third-order valence-corrected chi connectivity index (χ3v) is 4.83. The Labute approximate surface area is 180 Å². The molecule has 2 aromatic carbocycles. The summed E-state index contributed by atoms with van der Waals surface area (Å²) in [6.45, 7) is 7.79. The lowest BCUT2D eigenvalue weighted by Gasteiger charge is -2.29. The maximum atomic E-state index is 13.1. The van der Waals surface area contributed by atoms with Gasteiger partial charge in [-0.3, -0.25) is 19.8 Å². The summed E-state index contributed by atoms with van der Waals surface area (Å²) in [7, 11) is 0. The average molecular weight is 423 g/mol. The van der Waals surface area contributed by atoms with Gasteiger partial charge in [0.15, 0.2) is 16.6 Å². The molecule has 3 rings (SSSR count). The molecule has 0 atom stereocenters. The minimum absolute atomic E-state index is 0.0146. The van der Waals surface area contributed by atoms with Crippen molar-refractivity contribution in [1.29, 1.82) is 0 Å². The standard InChI is InChI=1S/C23H22N2O4S/c1-4-6-16-11-15(13-19(20(16)26)29-5-2)12-18-21(27)24-23(30)25(22(18)28)17-9-7-14(3)8-10-17/h4,7-13,26H,1,5-6H2,2-3H3,(H,24,27,30)/b18-12+. The van der Waals surface area contributed by atoms with Crippen molar-refractivity contribution in [2.75, 3.05) is 11.5 Å². The second-order valence-corrected chi connectivity index (χ2v) is 7.13. The van der Waals surface area contributed by atoms with Gasteiger partial charge in [-0.05, 0) is 68.4 Å². The molecule has 6 nitrogen and oxygen atoms in total. The van der Waals surface area contributed by atoms with E-state index in [1.165, 1.54) is 11.0 Å². The number of carbonyl (C=O) groups excluding carboxylic acids is 2. The molecule has 0 spiro atoms. The third-order valence-electron chi connectivity index (χ3n) is 4.55. The van der Waals surface area contributed by atoms with Crippen molar-refractivity contribution in [1.82, 2.24) is 5.32 Å².